The van der Waals surface area contributed by atoms with Gasteiger partial charge in [-0.3, -0.25) is 4.79 Å². The quantitative estimate of drug-likeness (QED) is 0.452. The molecule has 1 saturated heterocycles. The number of anilines is 2. The van der Waals surface area contributed by atoms with Crippen molar-refractivity contribution in [1.29, 1.82) is 0 Å². The van der Waals surface area contributed by atoms with Crippen LogP contribution in [0.5, 0.6) is 0 Å². The van der Waals surface area contributed by atoms with Crippen LogP contribution in [-0.2, 0) is 21.6 Å². The highest BCUT2D eigenvalue weighted by Gasteiger charge is 2.27. The van der Waals surface area contributed by atoms with Crippen LogP contribution in [0.25, 0.3) is 22.2 Å². The standard InChI is InChI=1S/C23H29N5O5S/c1-27-14-25-18-11-17(26-22(21(18)23(27)30)24-7-9-33-2)16-4-5-19(20(10-16)34(3,31)32)28-8-6-15(12-28)13-29/h4-5,10-11,14-15,29H,6-9,12-13H2,1-3H3,(H,24,26). The van der Waals surface area contributed by atoms with Gasteiger partial charge in [0.2, 0.25) is 0 Å². The van der Waals surface area contributed by atoms with Crippen LogP contribution in [0.4, 0.5) is 11.5 Å². The molecule has 4 rings (SSSR count). The van der Waals surface area contributed by atoms with Crippen molar-refractivity contribution in [3.63, 3.8) is 0 Å². The number of rotatable bonds is 8. The molecule has 0 bridgehead atoms. The van der Waals surface area contributed by atoms with Crippen molar-refractivity contribution in [2.24, 2.45) is 13.0 Å². The summed E-state index contributed by atoms with van der Waals surface area (Å²) in [4.78, 5) is 24.0. The topological polar surface area (TPSA) is 127 Å². The second-order valence-corrected chi connectivity index (χ2v) is 10.6. The molecule has 0 saturated carbocycles. The zero-order valence-electron chi connectivity index (χ0n) is 19.5. The molecule has 0 spiro atoms. The molecule has 3 heterocycles. The van der Waals surface area contributed by atoms with E-state index in [1.807, 2.05) is 11.0 Å². The molecule has 34 heavy (non-hydrogen) atoms. The van der Waals surface area contributed by atoms with Gasteiger partial charge in [-0.1, -0.05) is 6.07 Å². The fourth-order valence-electron chi connectivity index (χ4n) is 4.20. The maximum Gasteiger partial charge on any atom is 0.264 e. The third kappa shape index (κ3) is 4.77. The summed E-state index contributed by atoms with van der Waals surface area (Å²) < 4.78 is 31.9. The average Bonchev–Trinajstić information content (AvgIpc) is 3.30. The maximum atomic E-state index is 12.8. The number of methoxy groups -OCH3 is 1. The molecular weight excluding hydrogens is 458 g/mol. The minimum absolute atomic E-state index is 0.0785. The van der Waals surface area contributed by atoms with Gasteiger partial charge in [-0.25, -0.2) is 18.4 Å². The summed E-state index contributed by atoms with van der Waals surface area (Å²) in [6.07, 6.45) is 3.44. The van der Waals surface area contributed by atoms with E-state index < -0.39 is 9.84 Å². The van der Waals surface area contributed by atoms with Gasteiger partial charge in [0, 0.05) is 58.1 Å². The van der Waals surface area contributed by atoms with E-state index in [2.05, 4.69) is 15.3 Å². The third-order valence-electron chi connectivity index (χ3n) is 6.04. The number of nitrogens with one attached hydrogen (secondary N) is 1. The predicted octanol–water partition coefficient (Wildman–Crippen LogP) is 1.28. The number of hydrogen-bond acceptors (Lipinski definition) is 9. The fraction of sp³-hybridized carbons (Fsp3) is 0.435. The van der Waals surface area contributed by atoms with Gasteiger partial charge in [0.05, 0.1) is 34.7 Å². The number of pyridine rings is 1. The SMILES string of the molecule is COCCNc1nc(-c2ccc(N3CCC(CO)C3)c(S(C)(=O)=O)c2)cc2ncn(C)c(=O)c12. The Labute approximate surface area is 198 Å². The summed E-state index contributed by atoms with van der Waals surface area (Å²) in [6.45, 7) is 2.23. The summed E-state index contributed by atoms with van der Waals surface area (Å²) >= 11 is 0. The molecule has 1 atom stereocenters. The van der Waals surface area contributed by atoms with Crippen molar-refractivity contribution in [2.45, 2.75) is 11.3 Å². The Hall–Kier alpha value is -3.02. The fourth-order valence-corrected chi connectivity index (χ4v) is 5.12. The first-order chi connectivity index (χ1) is 16.2. The van der Waals surface area contributed by atoms with Crippen molar-refractivity contribution in [2.75, 3.05) is 56.4 Å². The summed E-state index contributed by atoms with van der Waals surface area (Å²) in [5, 5.41) is 13.0. The zero-order valence-corrected chi connectivity index (χ0v) is 20.3. The lowest BCUT2D eigenvalue weighted by Gasteiger charge is -2.22. The number of aliphatic hydroxyl groups is 1. The number of aromatic nitrogens is 3. The van der Waals surface area contributed by atoms with E-state index in [0.717, 1.165) is 6.42 Å². The van der Waals surface area contributed by atoms with Crippen molar-refractivity contribution >= 4 is 32.2 Å². The third-order valence-corrected chi connectivity index (χ3v) is 7.17. The second kappa shape index (κ2) is 9.69. The molecule has 10 nitrogen and oxygen atoms in total. The van der Waals surface area contributed by atoms with Crippen molar-refractivity contribution < 1.29 is 18.3 Å². The number of ether oxygens (including phenoxy) is 1. The Morgan fingerprint density at radius 3 is 2.76 bits per heavy atom. The molecule has 0 aliphatic carbocycles. The van der Waals surface area contributed by atoms with Gasteiger partial charge < -0.3 is 24.6 Å². The van der Waals surface area contributed by atoms with Crippen LogP contribution >= 0.6 is 0 Å². The number of aryl methyl sites for hydroxylation is 1. The van der Waals surface area contributed by atoms with Gasteiger partial charge in [-0.2, -0.15) is 0 Å². The number of nitrogens with zero attached hydrogens (tertiary/aromatic N) is 4. The highest BCUT2D eigenvalue weighted by atomic mass is 32.2. The maximum absolute atomic E-state index is 12.8. The molecule has 1 aliphatic rings. The van der Waals surface area contributed by atoms with Crippen LogP contribution in [-0.4, -0.2) is 74.3 Å². The molecule has 1 aliphatic heterocycles. The molecule has 2 aromatic heterocycles. The van der Waals surface area contributed by atoms with Crippen LogP contribution in [0.2, 0.25) is 0 Å². The van der Waals surface area contributed by atoms with E-state index in [1.165, 1.54) is 17.2 Å². The van der Waals surface area contributed by atoms with E-state index in [1.54, 1.807) is 32.4 Å². The predicted molar refractivity (Wildman–Crippen MR) is 131 cm³/mol. The smallest absolute Gasteiger partial charge is 0.264 e. The lowest BCUT2D eigenvalue weighted by atomic mass is 10.1. The minimum atomic E-state index is -3.54. The first-order valence-corrected chi connectivity index (χ1v) is 12.9. The summed E-state index contributed by atoms with van der Waals surface area (Å²) in [5.41, 5.74) is 1.95. The molecule has 1 unspecified atom stereocenters. The molecule has 1 fully saturated rings. The van der Waals surface area contributed by atoms with Crippen molar-refractivity contribution in [3.05, 3.63) is 40.9 Å². The van der Waals surface area contributed by atoms with E-state index in [9.17, 15) is 18.3 Å². The van der Waals surface area contributed by atoms with Crippen LogP contribution in [0.3, 0.4) is 0 Å². The van der Waals surface area contributed by atoms with Crippen molar-refractivity contribution in [1.82, 2.24) is 14.5 Å². The summed E-state index contributed by atoms with van der Waals surface area (Å²) in [6, 6.07) is 6.92. The van der Waals surface area contributed by atoms with E-state index >= 15 is 0 Å². The Morgan fingerprint density at radius 2 is 2.09 bits per heavy atom. The largest absolute Gasteiger partial charge is 0.396 e. The van der Waals surface area contributed by atoms with E-state index in [4.69, 9.17) is 4.74 Å². The number of fused-ring (bicyclic) bond motifs is 1. The van der Waals surface area contributed by atoms with Gasteiger partial charge in [-0.05, 0) is 24.6 Å². The lowest BCUT2D eigenvalue weighted by molar-refractivity contribution is 0.210. The molecule has 11 heteroatoms. The number of sulfone groups is 1. The Balaban J connectivity index is 1.83. The lowest BCUT2D eigenvalue weighted by Crippen LogP contribution is -2.22. The molecular formula is C23H29N5O5S. The summed E-state index contributed by atoms with van der Waals surface area (Å²) in [5.74, 6) is 0.497. The molecule has 0 amide bonds. The monoisotopic (exact) mass is 487 g/mol. The van der Waals surface area contributed by atoms with Crippen LogP contribution in [0.1, 0.15) is 6.42 Å². The minimum Gasteiger partial charge on any atom is -0.396 e. The van der Waals surface area contributed by atoms with Crippen molar-refractivity contribution in [3.8, 4) is 11.3 Å². The number of hydrogen-bond donors (Lipinski definition) is 2. The zero-order chi connectivity index (χ0) is 24.5. The van der Waals surface area contributed by atoms with E-state index in [0.29, 0.717) is 59.9 Å². The van der Waals surface area contributed by atoms with Crippen LogP contribution < -0.4 is 15.8 Å². The average molecular weight is 488 g/mol. The molecule has 0 radical (unpaired) electrons. The molecule has 3 aromatic rings. The Bertz CT molecular complexity index is 1370. The van der Waals surface area contributed by atoms with Gasteiger partial charge in [0.25, 0.3) is 5.56 Å². The number of aliphatic hydroxyl groups excluding tert-OH is 1. The molecule has 182 valence electrons. The van der Waals surface area contributed by atoms with Gasteiger partial charge in [0.1, 0.15) is 11.2 Å². The van der Waals surface area contributed by atoms with Crippen LogP contribution in [0.15, 0.2) is 40.3 Å². The Morgan fingerprint density at radius 1 is 1.29 bits per heavy atom. The van der Waals surface area contributed by atoms with Gasteiger partial charge in [-0.15, -0.1) is 0 Å². The highest BCUT2D eigenvalue weighted by Crippen LogP contribution is 2.34. The summed E-state index contributed by atoms with van der Waals surface area (Å²) in [7, 11) is -0.333. The highest BCUT2D eigenvalue weighted by molar-refractivity contribution is 7.90. The second-order valence-electron chi connectivity index (χ2n) is 8.57. The Kier molecular flexibility index (Phi) is 6.87. The van der Waals surface area contributed by atoms with Gasteiger partial charge in [0.15, 0.2) is 9.84 Å². The first-order valence-electron chi connectivity index (χ1n) is 11.0. The van der Waals surface area contributed by atoms with Gasteiger partial charge >= 0.3 is 0 Å². The molecule has 2 N–H and O–H groups in total. The number of benzene rings is 1. The van der Waals surface area contributed by atoms with E-state index in [-0.39, 0.29) is 23.0 Å². The molecule has 1 aromatic carbocycles. The normalized spacial score (nSPS) is 16.4. The van der Waals surface area contributed by atoms with Crippen LogP contribution in [0, 0.1) is 5.92 Å². The first kappa shape index (κ1) is 24.1.